The third-order valence-electron chi connectivity index (χ3n) is 2.87. The molecule has 1 unspecified atom stereocenters. The van der Waals surface area contributed by atoms with E-state index in [1.807, 2.05) is 0 Å². The van der Waals surface area contributed by atoms with Gasteiger partial charge in [-0.3, -0.25) is 0 Å². The van der Waals surface area contributed by atoms with Gasteiger partial charge in [0.1, 0.15) is 11.6 Å². The summed E-state index contributed by atoms with van der Waals surface area (Å²) in [5.41, 5.74) is 1.62. The lowest BCUT2D eigenvalue weighted by molar-refractivity contribution is 0.573. The quantitative estimate of drug-likeness (QED) is 0.624. The lowest BCUT2D eigenvalue weighted by atomic mass is 9.99. The Hall–Kier alpha value is -0.920. The van der Waals surface area contributed by atoms with Crippen LogP contribution in [0.2, 0.25) is 0 Å². The molecule has 0 saturated carbocycles. The van der Waals surface area contributed by atoms with Crippen molar-refractivity contribution in [1.29, 1.82) is 0 Å². The predicted molar refractivity (Wildman–Crippen MR) is 47.7 cm³/mol. The molecule has 0 aromatic heterocycles. The summed E-state index contributed by atoms with van der Waals surface area (Å²) in [4.78, 5) is 0. The maximum Gasteiger partial charge on any atom is 0.129 e. The minimum Gasteiger partial charge on any atom is -0.207 e. The molecular weight excluding hydrogens is 170 g/mol. The SMILES string of the molecule is CCC1CCc2c(F)cc(F)cc21. The van der Waals surface area contributed by atoms with Crippen molar-refractivity contribution in [2.45, 2.75) is 32.1 Å². The molecule has 0 heterocycles. The fourth-order valence-electron chi connectivity index (χ4n) is 2.15. The average Bonchev–Trinajstić information content (AvgIpc) is 2.47. The number of hydrogen-bond acceptors (Lipinski definition) is 0. The summed E-state index contributed by atoms with van der Waals surface area (Å²) >= 11 is 0. The molecule has 1 aromatic carbocycles. The molecule has 0 nitrogen and oxygen atoms in total. The maximum atomic E-state index is 13.2. The Morgan fingerprint density at radius 1 is 1.38 bits per heavy atom. The van der Waals surface area contributed by atoms with Crippen LogP contribution >= 0.6 is 0 Å². The zero-order valence-electron chi connectivity index (χ0n) is 7.61. The molecular formula is C11H12F2. The normalized spacial score (nSPS) is 20.4. The Morgan fingerprint density at radius 2 is 2.15 bits per heavy atom. The van der Waals surface area contributed by atoms with Gasteiger partial charge in [-0.25, -0.2) is 8.78 Å². The van der Waals surface area contributed by atoms with Gasteiger partial charge in [-0.2, -0.15) is 0 Å². The molecule has 2 rings (SSSR count). The molecule has 13 heavy (non-hydrogen) atoms. The van der Waals surface area contributed by atoms with Gasteiger partial charge in [0.15, 0.2) is 0 Å². The van der Waals surface area contributed by atoms with Gasteiger partial charge < -0.3 is 0 Å². The molecule has 1 aliphatic rings. The highest BCUT2D eigenvalue weighted by Crippen LogP contribution is 2.36. The van der Waals surface area contributed by atoms with Crippen LogP contribution in [-0.2, 0) is 6.42 Å². The smallest absolute Gasteiger partial charge is 0.129 e. The van der Waals surface area contributed by atoms with E-state index in [0.717, 1.165) is 36.5 Å². The molecule has 1 aliphatic carbocycles. The second-order valence-electron chi connectivity index (χ2n) is 3.60. The highest BCUT2D eigenvalue weighted by molar-refractivity contribution is 5.36. The highest BCUT2D eigenvalue weighted by atomic mass is 19.1. The van der Waals surface area contributed by atoms with Crippen molar-refractivity contribution in [3.8, 4) is 0 Å². The van der Waals surface area contributed by atoms with Gasteiger partial charge in [-0.05, 0) is 42.4 Å². The molecule has 0 N–H and O–H groups in total. The Balaban J connectivity index is 2.51. The van der Waals surface area contributed by atoms with E-state index < -0.39 is 5.82 Å². The fourth-order valence-corrected chi connectivity index (χ4v) is 2.15. The molecule has 2 heteroatoms. The van der Waals surface area contributed by atoms with Crippen LogP contribution in [0.4, 0.5) is 8.78 Å². The second kappa shape index (κ2) is 3.09. The van der Waals surface area contributed by atoms with Crippen molar-refractivity contribution < 1.29 is 8.78 Å². The standard InChI is InChI=1S/C11H12F2/c1-2-7-3-4-9-10(7)5-8(12)6-11(9)13/h5-7H,2-4H2,1H3. The van der Waals surface area contributed by atoms with Crippen LogP contribution in [0.5, 0.6) is 0 Å². The van der Waals surface area contributed by atoms with Crippen LogP contribution in [-0.4, -0.2) is 0 Å². The molecule has 1 aromatic rings. The molecule has 1 atom stereocenters. The largest absolute Gasteiger partial charge is 0.207 e. The van der Waals surface area contributed by atoms with Gasteiger partial charge >= 0.3 is 0 Å². The van der Waals surface area contributed by atoms with E-state index in [2.05, 4.69) is 6.92 Å². The molecule has 0 radical (unpaired) electrons. The summed E-state index contributed by atoms with van der Waals surface area (Å²) in [5.74, 6) is -0.456. The first-order valence-electron chi connectivity index (χ1n) is 4.70. The number of halogens is 2. The van der Waals surface area contributed by atoms with E-state index in [4.69, 9.17) is 0 Å². The Kier molecular flexibility index (Phi) is 2.06. The summed E-state index contributed by atoms with van der Waals surface area (Å²) in [6.45, 7) is 2.06. The topological polar surface area (TPSA) is 0 Å². The Morgan fingerprint density at radius 3 is 2.85 bits per heavy atom. The number of hydrogen-bond donors (Lipinski definition) is 0. The van der Waals surface area contributed by atoms with Crippen LogP contribution in [0.1, 0.15) is 36.8 Å². The molecule has 0 aliphatic heterocycles. The number of benzene rings is 1. The van der Waals surface area contributed by atoms with Gasteiger partial charge in [0.2, 0.25) is 0 Å². The van der Waals surface area contributed by atoms with Crippen LogP contribution in [0.25, 0.3) is 0 Å². The van der Waals surface area contributed by atoms with Crippen LogP contribution < -0.4 is 0 Å². The van der Waals surface area contributed by atoms with Crippen molar-refractivity contribution in [1.82, 2.24) is 0 Å². The Labute approximate surface area is 76.6 Å². The third-order valence-corrected chi connectivity index (χ3v) is 2.87. The van der Waals surface area contributed by atoms with Crippen molar-refractivity contribution >= 4 is 0 Å². The van der Waals surface area contributed by atoms with Crippen LogP contribution in [0.15, 0.2) is 12.1 Å². The number of fused-ring (bicyclic) bond motifs is 1. The molecule has 0 amide bonds. The van der Waals surface area contributed by atoms with Gasteiger partial charge in [0.25, 0.3) is 0 Å². The van der Waals surface area contributed by atoms with E-state index >= 15 is 0 Å². The van der Waals surface area contributed by atoms with Crippen molar-refractivity contribution in [2.75, 3.05) is 0 Å². The molecule has 0 spiro atoms. The molecule has 0 bridgehead atoms. The van der Waals surface area contributed by atoms with E-state index in [-0.39, 0.29) is 5.82 Å². The van der Waals surface area contributed by atoms with Crippen molar-refractivity contribution in [2.24, 2.45) is 0 Å². The van der Waals surface area contributed by atoms with Crippen LogP contribution in [0.3, 0.4) is 0 Å². The van der Waals surface area contributed by atoms with E-state index in [1.165, 1.54) is 6.07 Å². The van der Waals surface area contributed by atoms with Crippen molar-refractivity contribution in [3.05, 3.63) is 34.9 Å². The molecule has 0 fully saturated rings. The maximum absolute atomic E-state index is 13.2. The lowest BCUT2D eigenvalue weighted by Gasteiger charge is -2.07. The summed E-state index contributed by atoms with van der Waals surface area (Å²) < 4.78 is 26.1. The Bertz CT molecular complexity index is 331. The second-order valence-corrected chi connectivity index (χ2v) is 3.60. The number of rotatable bonds is 1. The van der Waals surface area contributed by atoms with Crippen LogP contribution in [0, 0.1) is 11.6 Å². The average molecular weight is 182 g/mol. The summed E-state index contributed by atoms with van der Waals surface area (Å²) in [6.07, 6.45) is 2.70. The van der Waals surface area contributed by atoms with Gasteiger partial charge in [0.05, 0.1) is 0 Å². The van der Waals surface area contributed by atoms with Gasteiger partial charge in [0, 0.05) is 6.07 Å². The van der Waals surface area contributed by atoms with Gasteiger partial charge in [-0.15, -0.1) is 0 Å². The first kappa shape index (κ1) is 8.67. The lowest BCUT2D eigenvalue weighted by Crippen LogP contribution is -1.94. The first-order valence-corrected chi connectivity index (χ1v) is 4.70. The summed E-state index contributed by atoms with van der Waals surface area (Å²) in [5, 5.41) is 0. The van der Waals surface area contributed by atoms with E-state index in [9.17, 15) is 8.78 Å². The zero-order valence-corrected chi connectivity index (χ0v) is 7.61. The van der Waals surface area contributed by atoms with E-state index in [0.29, 0.717) is 5.92 Å². The fraction of sp³-hybridized carbons (Fsp3) is 0.455. The summed E-state index contributed by atoms with van der Waals surface area (Å²) in [7, 11) is 0. The third kappa shape index (κ3) is 1.34. The predicted octanol–water partition coefficient (Wildman–Crippen LogP) is 3.40. The first-order chi connectivity index (χ1) is 6.22. The van der Waals surface area contributed by atoms with Gasteiger partial charge in [-0.1, -0.05) is 6.92 Å². The highest BCUT2D eigenvalue weighted by Gasteiger charge is 2.24. The minimum absolute atomic E-state index is 0.361. The molecule has 0 saturated heterocycles. The molecule has 70 valence electrons. The summed E-state index contributed by atoms with van der Waals surface area (Å²) in [6, 6.07) is 2.47. The monoisotopic (exact) mass is 182 g/mol. The zero-order chi connectivity index (χ0) is 9.42. The van der Waals surface area contributed by atoms with Crippen molar-refractivity contribution in [3.63, 3.8) is 0 Å². The van der Waals surface area contributed by atoms with E-state index in [1.54, 1.807) is 0 Å². The minimum atomic E-state index is -0.448.